The van der Waals surface area contributed by atoms with Gasteiger partial charge < -0.3 is 10.3 Å². The van der Waals surface area contributed by atoms with Gasteiger partial charge >= 0.3 is 0 Å². The fourth-order valence-electron chi connectivity index (χ4n) is 0.595. The lowest BCUT2D eigenvalue weighted by Gasteiger charge is -1.95. The monoisotopic (exact) mass is 183 g/mol. The van der Waals surface area contributed by atoms with Crippen LogP contribution in [-0.4, -0.2) is 9.55 Å². The number of halogens is 2. The second kappa shape index (κ2) is 5.38. The van der Waals surface area contributed by atoms with Crippen LogP contribution in [0.15, 0.2) is 12.5 Å². The zero-order valence-electron chi connectivity index (χ0n) is 5.65. The molecule has 60 valence electrons. The van der Waals surface area contributed by atoms with Crippen molar-refractivity contribution in [2.24, 2.45) is 0 Å². The molecule has 0 fully saturated rings. The third-order valence-electron chi connectivity index (χ3n) is 1.09. The van der Waals surface area contributed by atoms with Gasteiger partial charge in [-0.15, -0.1) is 24.8 Å². The van der Waals surface area contributed by atoms with Crippen molar-refractivity contribution in [2.75, 3.05) is 5.73 Å². The van der Waals surface area contributed by atoms with Gasteiger partial charge in [0.1, 0.15) is 5.82 Å². The minimum absolute atomic E-state index is 0. The first-order valence-corrected chi connectivity index (χ1v) is 2.60. The van der Waals surface area contributed by atoms with Gasteiger partial charge in [0.15, 0.2) is 0 Å². The minimum atomic E-state index is 0. The van der Waals surface area contributed by atoms with Crippen molar-refractivity contribution in [3.8, 4) is 0 Å². The highest BCUT2D eigenvalue weighted by molar-refractivity contribution is 5.85. The lowest BCUT2D eigenvalue weighted by molar-refractivity contribution is 0.771. The molecular formula is C5H11Cl2N3. The SMILES string of the molecule is CCn1cncc1N.Cl.Cl. The van der Waals surface area contributed by atoms with Crippen LogP contribution in [0.3, 0.4) is 0 Å². The first-order chi connectivity index (χ1) is 3.84. The molecule has 0 aliphatic carbocycles. The average Bonchev–Trinajstić information content (AvgIpc) is 2.14. The van der Waals surface area contributed by atoms with E-state index in [2.05, 4.69) is 4.98 Å². The summed E-state index contributed by atoms with van der Waals surface area (Å²) in [6.45, 7) is 2.92. The van der Waals surface area contributed by atoms with Crippen molar-refractivity contribution in [3.63, 3.8) is 0 Å². The van der Waals surface area contributed by atoms with Gasteiger partial charge in [-0.2, -0.15) is 0 Å². The molecule has 3 nitrogen and oxygen atoms in total. The summed E-state index contributed by atoms with van der Waals surface area (Å²) in [6.07, 6.45) is 3.36. The molecule has 0 atom stereocenters. The van der Waals surface area contributed by atoms with Gasteiger partial charge in [-0.25, -0.2) is 4.98 Å². The Kier molecular flexibility index (Phi) is 6.61. The first kappa shape index (κ1) is 12.3. The molecule has 0 saturated heterocycles. The maximum absolute atomic E-state index is 5.45. The maximum Gasteiger partial charge on any atom is 0.123 e. The molecule has 2 N–H and O–H groups in total. The van der Waals surface area contributed by atoms with Gasteiger partial charge in [0.2, 0.25) is 0 Å². The Morgan fingerprint density at radius 3 is 2.40 bits per heavy atom. The molecular weight excluding hydrogens is 173 g/mol. The third kappa shape index (κ3) is 2.45. The number of nitrogens with two attached hydrogens (primary N) is 1. The highest BCUT2D eigenvalue weighted by Crippen LogP contribution is 1.97. The fourth-order valence-corrected chi connectivity index (χ4v) is 0.595. The van der Waals surface area contributed by atoms with E-state index in [1.165, 1.54) is 0 Å². The number of rotatable bonds is 1. The van der Waals surface area contributed by atoms with Crippen LogP contribution >= 0.6 is 24.8 Å². The van der Waals surface area contributed by atoms with E-state index >= 15 is 0 Å². The number of aryl methyl sites for hydroxylation is 1. The van der Waals surface area contributed by atoms with E-state index in [0.717, 1.165) is 12.4 Å². The quantitative estimate of drug-likeness (QED) is 0.715. The van der Waals surface area contributed by atoms with Gasteiger partial charge in [0.25, 0.3) is 0 Å². The Bertz CT molecular complexity index is 175. The lowest BCUT2D eigenvalue weighted by atomic mass is 10.7. The van der Waals surface area contributed by atoms with Crippen molar-refractivity contribution in [1.29, 1.82) is 0 Å². The number of nitrogens with zero attached hydrogens (tertiary/aromatic N) is 2. The topological polar surface area (TPSA) is 43.8 Å². The van der Waals surface area contributed by atoms with Gasteiger partial charge in [-0.1, -0.05) is 0 Å². The van der Waals surface area contributed by atoms with Crippen LogP contribution in [0.25, 0.3) is 0 Å². The highest BCUT2D eigenvalue weighted by Gasteiger charge is 1.89. The van der Waals surface area contributed by atoms with Crippen molar-refractivity contribution < 1.29 is 0 Å². The fraction of sp³-hybridized carbons (Fsp3) is 0.400. The molecule has 0 aromatic carbocycles. The molecule has 0 unspecified atom stereocenters. The van der Waals surface area contributed by atoms with E-state index in [-0.39, 0.29) is 24.8 Å². The molecule has 1 heterocycles. The zero-order chi connectivity index (χ0) is 5.98. The van der Waals surface area contributed by atoms with Gasteiger partial charge in [0, 0.05) is 6.54 Å². The Labute approximate surface area is 72.4 Å². The number of anilines is 1. The van der Waals surface area contributed by atoms with Crippen LogP contribution < -0.4 is 5.73 Å². The van der Waals surface area contributed by atoms with Crippen LogP contribution in [0.2, 0.25) is 0 Å². The molecule has 0 bridgehead atoms. The van der Waals surface area contributed by atoms with Crippen molar-refractivity contribution in [1.82, 2.24) is 9.55 Å². The van der Waals surface area contributed by atoms with Gasteiger partial charge in [-0.3, -0.25) is 0 Å². The smallest absolute Gasteiger partial charge is 0.123 e. The normalized spacial score (nSPS) is 7.70. The van der Waals surface area contributed by atoms with E-state index in [9.17, 15) is 0 Å². The number of hydrogen-bond acceptors (Lipinski definition) is 2. The second-order valence-corrected chi connectivity index (χ2v) is 1.60. The molecule has 1 aromatic rings. The molecule has 1 rings (SSSR count). The summed E-state index contributed by atoms with van der Waals surface area (Å²) in [5, 5.41) is 0. The van der Waals surface area contributed by atoms with Crippen molar-refractivity contribution in [3.05, 3.63) is 12.5 Å². The van der Waals surface area contributed by atoms with Crippen LogP contribution in [0.4, 0.5) is 5.82 Å². The van der Waals surface area contributed by atoms with Crippen LogP contribution in [-0.2, 0) is 6.54 Å². The van der Waals surface area contributed by atoms with E-state index in [4.69, 9.17) is 5.73 Å². The molecule has 10 heavy (non-hydrogen) atoms. The lowest BCUT2D eigenvalue weighted by Crippen LogP contribution is -1.97. The third-order valence-corrected chi connectivity index (χ3v) is 1.09. The summed E-state index contributed by atoms with van der Waals surface area (Å²) in [5.41, 5.74) is 5.45. The largest absolute Gasteiger partial charge is 0.384 e. The van der Waals surface area contributed by atoms with Gasteiger partial charge in [0.05, 0.1) is 12.5 Å². The van der Waals surface area contributed by atoms with E-state index < -0.39 is 0 Å². The predicted molar refractivity (Wildman–Crippen MR) is 46.8 cm³/mol. The van der Waals surface area contributed by atoms with E-state index in [1.54, 1.807) is 12.5 Å². The number of nitrogen functional groups attached to an aromatic ring is 1. The molecule has 0 aliphatic heterocycles. The summed E-state index contributed by atoms with van der Waals surface area (Å²) in [6, 6.07) is 0. The average molecular weight is 184 g/mol. The Hall–Kier alpha value is -0.410. The summed E-state index contributed by atoms with van der Waals surface area (Å²) >= 11 is 0. The number of aromatic nitrogens is 2. The number of hydrogen-bond donors (Lipinski definition) is 1. The van der Waals surface area contributed by atoms with Crippen LogP contribution in [0.5, 0.6) is 0 Å². The zero-order valence-corrected chi connectivity index (χ0v) is 7.28. The summed E-state index contributed by atoms with van der Waals surface area (Å²) < 4.78 is 1.88. The summed E-state index contributed by atoms with van der Waals surface area (Å²) in [5.74, 6) is 0.729. The predicted octanol–water partition coefficient (Wildman–Crippen LogP) is 1.33. The standard InChI is InChI=1S/C5H9N3.2ClH/c1-2-8-4-7-3-5(8)6;;/h3-4H,2,6H2,1H3;2*1H. The minimum Gasteiger partial charge on any atom is -0.384 e. The summed E-state index contributed by atoms with van der Waals surface area (Å²) in [4.78, 5) is 3.83. The van der Waals surface area contributed by atoms with Crippen molar-refractivity contribution >= 4 is 30.6 Å². The Morgan fingerprint density at radius 2 is 2.20 bits per heavy atom. The molecule has 0 saturated carbocycles. The second-order valence-electron chi connectivity index (χ2n) is 1.60. The number of imidazole rings is 1. The van der Waals surface area contributed by atoms with Gasteiger partial charge in [-0.05, 0) is 6.92 Å². The molecule has 0 radical (unpaired) electrons. The first-order valence-electron chi connectivity index (χ1n) is 2.60. The molecule has 5 heteroatoms. The van der Waals surface area contributed by atoms with E-state index in [0.29, 0.717) is 0 Å². The highest BCUT2D eigenvalue weighted by atomic mass is 35.5. The molecule has 0 spiro atoms. The Morgan fingerprint density at radius 1 is 1.60 bits per heavy atom. The molecule has 0 amide bonds. The summed E-state index contributed by atoms with van der Waals surface area (Å²) in [7, 11) is 0. The van der Waals surface area contributed by atoms with E-state index in [1.807, 2.05) is 11.5 Å². The molecule has 0 aliphatic rings. The maximum atomic E-state index is 5.45. The molecule has 1 aromatic heterocycles. The van der Waals surface area contributed by atoms with Crippen LogP contribution in [0, 0.1) is 0 Å². The van der Waals surface area contributed by atoms with Crippen molar-refractivity contribution in [2.45, 2.75) is 13.5 Å². The Balaban J connectivity index is 0. The van der Waals surface area contributed by atoms with Crippen LogP contribution in [0.1, 0.15) is 6.92 Å².